The van der Waals surface area contributed by atoms with Gasteiger partial charge in [-0.25, -0.2) is 8.42 Å². The molecule has 0 radical (unpaired) electrons. The van der Waals surface area contributed by atoms with E-state index < -0.39 is 10.0 Å². The highest BCUT2D eigenvalue weighted by atomic mass is 32.2. The fraction of sp³-hybridized carbons (Fsp3) is 0.389. The van der Waals surface area contributed by atoms with Crippen molar-refractivity contribution in [3.05, 3.63) is 59.4 Å². The van der Waals surface area contributed by atoms with Crippen molar-refractivity contribution in [3.8, 4) is 0 Å². The highest BCUT2D eigenvalue weighted by molar-refractivity contribution is 7.89. The number of aryl methyl sites for hydroxylation is 2. The highest BCUT2D eigenvalue weighted by Crippen LogP contribution is 2.34. The van der Waals surface area contributed by atoms with Crippen LogP contribution >= 0.6 is 0 Å². The van der Waals surface area contributed by atoms with Crippen molar-refractivity contribution in [1.29, 1.82) is 0 Å². The van der Waals surface area contributed by atoms with Crippen LogP contribution in [-0.2, 0) is 10.0 Å². The standard InChI is InChI=1S/C18H22N2O2S/c1-14-6-8-16(9-7-14)23(21,22)20-12-4-3-5-18(20)17-13-15(2)10-11-19-17/h6-11,13,18H,3-5,12H2,1-2H3/t18-/m1/s1. The quantitative estimate of drug-likeness (QED) is 0.864. The number of nitrogens with zero attached hydrogens (tertiary/aromatic N) is 2. The molecule has 5 heteroatoms. The molecule has 1 fully saturated rings. The van der Waals surface area contributed by atoms with Crippen molar-refractivity contribution in [2.75, 3.05) is 6.54 Å². The molecule has 2 heterocycles. The summed E-state index contributed by atoms with van der Waals surface area (Å²) in [7, 11) is -3.50. The smallest absolute Gasteiger partial charge is 0.243 e. The molecule has 2 aromatic rings. The average molecular weight is 330 g/mol. The van der Waals surface area contributed by atoms with Crippen LogP contribution in [0.25, 0.3) is 0 Å². The van der Waals surface area contributed by atoms with Crippen LogP contribution in [0.4, 0.5) is 0 Å². The zero-order valence-electron chi connectivity index (χ0n) is 13.6. The van der Waals surface area contributed by atoms with Gasteiger partial charge in [-0.2, -0.15) is 4.31 Å². The van der Waals surface area contributed by atoms with Gasteiger partial charge in [-0.05, 0) is 56.5 Å². The Morgan fingerprint density at radius 1 is 1.04 bits per heavy atom. The van der Waals surface area contributed by atoms with Gasteiger partial charge < -0.3 is 0 Å². The van der Waals surface area contributed by atoms with Gasteiger partial charge in [0.15, 0.2) is 0 Å². The molecule has 1 saturated heterocycles. The Balaban J connectivity index is 1.99. The molecular formula is C18H22N2O2S. The van der Waals surface area contributed by atoms with Crippen LogP contribution in [0.5, 0.6) is 0 Å². The van der Waals surface area contributed by atoms with Crippen molar-refractivity contribution < 1.29 is 8.42 Å². The predicted molar refractivity (Wildman–Crippen MR) is 90.6 cm³/mol. The Labute approximate surface area is 138 Å². The van der Waals surface area contributed by atoms with E-state index in [0.717, 1.165) is 36.1 Å². The third kappa shape index (κ3) is 3.31. The Morgan fingerprint density at radius 3 is 2.48 bits per heavy atom. The van der Waals surface area contributed by atoms with E-state index in [1.807, 2.05) is 38.1 Å². The number of piperidine rings is 1. The lowest BCUT2D eigenvalue weighted by molar-refractivity contribution is 0.251. The van der Waals surface area contributed by atoms with E-state index in [0.29, 0.717) is 11.4 Å². The molecule has 1 aliphatic rings. The molecule has 0 N–H and O–H groups in total. The van der Waals surface area contributed by atoms with E-state index in [1.54, 1.807) is 22.6 Å². The second-order valence-corrected chi connectivity index (χ2v) is 8.09. The summed E-state index contributed by atoms with van der Waals surface area (Å²) in [5.41, 5.74) is 3.01. The molecule has 0 unspecified atom stereocenters. The molecular weight excluding hydrogens is 308 g/mol. The maximum atomic E-state index is 13.1. The van der Waals surface area contributed by atoms with Gasteiger partial charge in [-0.15, -0.1) is 0 Å². The Hall–Kier alpha value is -1.72. The van der Waals surface area contributed by atoms with E-state index in [9.17, 15) is 8.42 Å². The van der Waals surface area contributed by atoms with Crippen LogP contribution in [0.3, 0.4) is 0 Å². The van der Waals surface area contributed by atoms with Gasteiger partial charge in [0.2, 0.25) is 10.0 Å². The van der Waals surface area contributed by atoms with Crippen molar-refractivity contribution in [2.45, 2.75) is 44.0 Å². The lowest BCUT2D eigenvalue weighted by atomic mass is 10.0. The van der Waals surface area contributed by atoms with Crippen molar-refractivity contribution >= 4 is 10.0 Å². The molecule has 0 saturated carbocycles. The van der Waals surface area contributed by atoms with Gasteiger partial charge >= 0.3 is 0 Å². The summed E-state index contributed by atoms with van der Waals surface area (Å²) < 4.78 is 27.8. The normalized spacial score (nSPS) is 19.7. The summed E-state index contributed by atoms with van der Waals surface area (Å²) in [6, 6.07) is 10.8. The fourth-order valence-corrected chi connectivity index (χ4v) is 4.74. The molecule has 122 valence electrons. The van der Waals surface area contributed by atoms with E-state index >= 15 is 0 Å². The van der Waals surface area contributed by atoms with Gasteiger partial charge in [-0.3, -0.25) is 4.98 Å². The van der Waals surface area contributed by atoms with Gasteiger partial charge in [0.1, 0.15) is 0 Å². The van der Waals surface area contributed by atoms with Crippen LogP contribution in [0.1, 0.15) is 42.1 Å². The molecule has 1 aromatic carbocycles. The van der Waals surface area contributed by atoms with E-state index in [4.69, 9.17) is 0 Å². The number of hydrogen-bond acceptors (Lipinski definition) is 3. The van der Waals surface area contributed by atoms with E-state index in [1.165, 1.54) is 0 Å². The second-order valence-electron chi connectivity index (χ2n) is 6.20. The maximum Gasteiger partial charge on any atom is 0.243 e. The second kappa shape index (κ2) is 6.42. The largest absolute Gasteiger partial charge is 0.260 e. The molecule has 4 nitrogen and oxygen atoms in total. The fourth-order valence-electron chi connectivity index (χ4n) is 3.08. The minimum absolute atomic E-state index is 0.171. The van der Waals surface area contributed by atoms with Crippen molar-refractivity contribution in [3.63, 3.8) is 0 Å². The molecule has 1 aromatic heterocycles. The summed E-state index contributed by atoms with van der Waals surface area (Å²) in [6.45, 7) is 4.51. The number of sulfonamides is 1. The molecule has 0 bridgehead atoms. The lowest BCUT2D eigenvalue weighted by Crippen LogP contribution is -2.38. The summed E-state index contributed by atoms with van der Waals surface area (Å²) in [5, 5.41) is 0. The Kier molecular flexibility index (Phi) is 4.50. The zero-order valence-corrected chi connectivity index (χ0v) is 14.4. The third-order valence-corrected chi connectivity index (χ3v) is 6.28. The zero-order chi connectivity index (χ0) is 16.4. The van der Waals surface area contributed by atoms with Crippen molar-refractivity contribution in [2.24, 2.45) is 0 Å². The van der Waals surface area contributed by atoms with Crippen LogP contribution in [0.2, 0.25) is 0 Å². The predicted octanol–water partition coefficient (Wildman–Crippen LogP) is 3.61. The first-order valence-corrected chi connectivity index (χ1v) is 9.43. The molecule has 0 amide bonds. The van der Waals surface area contributed by atoms with Gasteiger partial charge in [0, 0.05) is 12.7 Å². The first-order chi connectivity index (χ1) is 11.0. The maximum absolute atomic E-state index is 13.1. The van der Waals surface area contributed by atoms with Crippen LogP contribution < -0.4 is 0 Å². The third-order valence-electron chi connectivity index (χ3n) is 4.36. The molecule has 1 aliphatic heterocycles. The monoisotopic (exact) mass is 330 g/mol. The highest BCUT2D eigenvalue weighted by Gasteiger charge is 2.35. The SMILES string of the molecule is Cc1ccc(S(=O)(=O)N2CCCC[C@@H]2c2cc(C)ccn2)cc1. The number of pyridine rings is 1. The Bertz CT molecular complexity index is 785. The molecule has 0 aliphatic carbocycles. The Morgan fingerprint density at radius 2 is 1.78 bits per heavy atom. The topological polar surface area (TPSA) is 50.3 Å². The average Bonchev–Trinajstić information content (AvgIpc) is 2.55. The summed E-state index contributed by atoms with van der Waals surface area (Å²) in [4.78, 5) is 4.79. The van der Waals surface area contributed by atoms with Crippen LogP contribution in [0, 0.1) is 13.8 Å². The molecule has 0 spiro atoms. The first kappa shape index (κ1) is 16.1. The van der Waals surface area contributed by atoms with Crippen molar-refractivity contribution in [1.82, 2.24) is 9.29 Å². The van der Waals surface area contributed by atoms with Gasteiger partial charge in [0.05, 0.1) is 16.6 Å². The number of hydrogen-bond donors (Lipinski definition) is 0. The van der Waals surface area contributed by atoms with E-state index in [2.05, 4.69) is 4.98 Å². The molecule has 23 heavy (non-hydrogen) atoms. The minimum Gasteiger partial charge on any atom is -0.260 e. The van der Waals surface area contributed by atoms with Gasteiger partial charge in [0.25, 0.3) is 0 Å². The lowest BCUT2D eigenvalue weighted by Gasteiger charge is -2.34. The number of benzene rings is 1. The molecule has 3 rings (SSSR count). The van der Waals surface area contributed by atoms with E-state index in [-0.39, 0.29) is 6.04 Å². The summed E-state index contributed by atoms with van der Waals surface area (Å²) in [6.07, 6.45) is 4.51. The number of rotatable bonds is 3. The molecule has 1 atom stereocenters. The number of aromatic nitrogens is 1. The van der Waals surface area contributed by atoms with Crippen LogP contribution in [0.15, 0.2) is 47.5 Å². The summed E-state index contributed by atoms with van der Waals surface area (Å²) in [5.74, 6) is 0. The minimum atomic E-state index is -3.50. The first-order valence-electron chi connectivity index (χ1n) is 7.99. The van der Waals surface area contributed by atoms with Crippen LogP contribution in [-0.4, -0.2) is 24.3 Å². The summed E-state index contributed by atoms with van der Waals surface area (Å²) >= 11 is 0. The van der Waals surface area contributed by atoms with Gasteiger partial charge in [-0.1, -0.05) is 24.1 Å².